The van der Waals surface area contributed by atoms with E-state index in [9.17, 15) is 18.0 Å². The monoisotopic (exact) mass is 280 g/mol. The second-order valence-corrected chi connectivity index (χ2v) is 4.43. The molecule has 0 aliphatic rings. The zero-order valence-electron chi connectivity index (χ0n) is 10.5. The van der Waals surface area contributed by atoms with Gasteiger partial charge in [-0.2, -0.15) is 13.2 Å². The number of rotatable bonds is 2. The minimum Gasteiger partial charge on any atom is -0.478 e. The van der Waals surface area contributed by atoms with Crippen molar-refractivity contribution in [1.82, 2.24) is 0 Å². The molecule has 0 heterocycles. The number of carbonyl (C=O) groups is 1. The van der Waals surface area contributed by atoms with E-state index >= 15 is 0 Å². The lowest BCUT2D eigenvalue weighted by Crippen LogP contribution is -2.07. The molecular formula is C15H11F3O2. The number of carboxylic acid groups (broad SMARTS) is 1. The minimum absolute atomic E-state index is 0.0365. The molecule has 1 N–H and O–H groups in total. The molecule has 2 rings (SSSR count). The standard InChI is InChI=1S/C15H11F3O2/c1-9-2-7-12(13(8-9)15(16,17)18)10-3-5-11(6-4-10)14(19)20/h2-8H,1H3,(H,19,20). The van der Waals surface area contributed by atoms with Gasteiger partial charge < -0.3 is 5.11 Å². The van der Waals surface area contributed by atoms with Gasteiger partial charge in [-0.3, -0.25) is 0 Å². The number of hydrogen-bond acceptors (Lipinski definition) is 1. The molecule has 0 aromatic heterocycles. The van der Waals surface area contributed by atoms with Crippen LogP contribution >= 0.6 is 0 Å². The average molecular weight is 280 g/mol. The van der Waals surface area contributed by atoms with Crippen molar-refractivity contribution in [3.63, 3.8) is 0 Å². The van der Waals surface area contributed by atoms with E-state index in [4.69, 9.17) is 5.11 Å². The molecule has 0 saturated heterocycles. The molecule has 2 aromatic rings. The van der Waals surface area contributed by atoms with Crippen molar-refractivity contribution >= 4 is 5.97 Å². The SMILES string of the molecule is Cc1ccc(-c2ccc(C(=O)O)cc2)c(C(F)(F)F)c1. The third-order valence-electron chi connectivity index (χ3n) is 2.92. The summed E-state index contributed by atoms with van der Waals surface area (Å²) in [6.07, 6.45) is -4.45. The highest BCUT2D eigenvalue weighted by atomic mass is 19.4. The minimum atomic E-state index is -4.45. The zero-order chi connectivity index (χ0) is 14.9. The number of alkyl halides is 3. The highest BCUT2D eigenvalue weighted by molar-refractivity contribution is 5.88. The van der Waals surface area contributed by atoms with Gasteiger partial charge in [0.2, 0.25) is 0 Å². The van der Waals surface area contributed by atoms with Gasteiger partial charge in [0.05, 0.1) is 11.1 Å². The van der Waals surface area contributed by atoms with E-state index in [2.05, 4.69) is 0 Å². The number of aryl methyl sites for hydroxylation is 1. The summed E-state index contributed by atoms with van der Waals surface area (Å²) < 4.78 is 39.1. The molecule has 20 heavy (non-hydrogen) atoms. The first-order valence-corrected chi connectivity index (χ1v) is 5.80. The van der Waals surface area contributed by atoms with E-state index < -0.39 is 17.7 Å². The Balaban J connectivity index is 2.55. The van der Waals surface area contributed by atoms with Crippen molar-refractivity contribution in [2.45, 2.75) is 13.1 Å². The van der Waals surface area contributed by atoms with E-state index in [1.165, 1.54) is 30.3 Å². The Bertz CT molecular complexity index is 643. The largest absolute Gasteiger partial charge is 0.478 e. The van der Waals surface area contributed by atoms with Gasteiger partial charge in [0, 0.05) is 0 Å². The van der Waals surface area contributed by atoms with Crippen molar-refractivity contribution in [3.8, 4) is 11.1 Å². The van der Waals surface area contributed by atoms with Gasteiger partial charge in [-0.15, -0.1) is 0 Å². The summed E-state index contributed by atoms with van der Waals surface area (Å²) in [4.78, 5) is 10.7. The maximum Gasteiger partial charge on any atom is 0.417 e. The van der Waals surface area contributed by atoms with Crippen molar-refractivity contribution in [1.29, 1.82) is 0 Å². The second kappa shape index (κ2) is 5.00. The van der Waals surface area contributed by atoms with Crippen LogP contribution in [0.5, 0.6) is 0 Å². The Labute approximate surface area is 113 Å². The Morgan fingerprint density at radius 2 is 1.65 bits per heavy atom. The van der Waals surface area contributed by atoms with Crippen LogP contribution in [0.1, 0.15) is 21.5 Å². The van der Waals surface area contributed by atoms with E-state index in [1.807, 2.05) is 0 Å². The van der Waals surface area contributed by atoms with Crippen molar-refractivity contribution < 1.29 is 23.1 Å². The topological polar surface area (TPSA) is 37.3 Å². The van der Waals surface area contributed by atoms with Crippen LogP contribution < -0.4 is 0 Å². The lowest BCUT2D eigenvalue weighted by Gasteiger charge is -2.14. The smallest absolute Gasteiger partial charge is 0.417 e. The molecule has 0 saturated carbocycles. The molecule has 0 bridgehead atoms. The third kappa shape index (κ3) is 2.82. The van der Waals surface area contributed by atoms with Gasteiger partial charge in [-0.25, -0.2) is 4.79 Å². The lowest BCUT2D eigenvalue weighted by molar-refractivity contribution is -0.137. The highest BCUT2D eigenvalue weighted by Crippen LogP contribution is 2.37. The van der Waals surface area contributed by atoms with Crippen LogP contribution in [-0.2, 0) is 6.18 Å². The average Bonchev–Trinajstić information content (AvgIpc) is 2.38. The Kier molecular flexibility index (Phi) is 3.53. The normalized spacial score (nSPS) is 11.4. The van der Waals surface area contributed by atoms with E-state index in [-0.39, 0.29) is 11.1 Å². The van der Waals surface area contributed by atoms with Gasteiger partial charge >= 0.3 is 12.1 Å². The molecule has 0 spiro atoms. The fraction of sp³-hybridized carbons (Fsp3) is 0.133. The molecule has 2 nitrogen and oxygen atoms in total. The quantitative estimate of drug-likeness (QED) is 0.886. The van der Waals surface area contributed by atoms with Crippen molar-refractivity contribution in [3.05, 3.63) is 59.2 Å². The lowest BCUT2D eigenvalue weighted by atomic mass is 9.96. The van der Waals surface area contributed by atoms with Gasteiger partial charge in [0.1, 0.15) is 0 Å². The molecule has 0 fully saturated rings. The second-order valence-electron chi connectivity index (χ2n) is 4.43. The predicted molar refractivity (Wildman–Crippen MR) is 68.6 cm³/mol. The fourth-order valence-corrected chi connectivity index (χ4v) is 1.94. The molecule has 0 amide bonds. The van der Waals surface area contributed by atoms with Crippen LogP contribution in [-0.4, -0.2) is 11.1 Å². The number of benzene rings is 2. The molecule has 2 aromatic carbocycles. The number of aromatic carboxylic acids is 1. The van der Waals surface area contributed by atoms with Crippen molar-refractivity contribution in [2.75, 3.05) is 0 Å². The summed E-state index contributed by atoms with van der Waals surface area (Å²) in [7, 11) is 0. The van der Waals surface area contributed by atoms with Crippen LogP contribution in [0.15, 0.2) is 42.5 Å². The molecule has 0 radical (unpaired) electrons. The maximum atomic E-state index is 13.0. The molecule has 5 heteroatoms. The van der Waals surface area contributed by atoms with Crippen molar-refractivity contribution in [2.24, 2.45) is 0 Å². The van der Waals surface area contributed by atoms with Crippen LogP contribution in [0.3, 0.4) is 0 Å². The first-order valence-electron chi connectivity index (χ1n) is 5.80. The van der Waals surface area contributed by atoms with Gasteiger partial charge in [-0.05, 0) is 36.2 Å². The van der Waals surface area contributed by atoms with Crippen LogP contribution in [0.2, 0.25) is 0 Å². The first kappa shape index (κ1) is 14.1. The molecular weight excluding hydrogens is 269 g/mol. The molecule has 0 atom stereocenters. The number of carboxylic acids is 1. The summed E-state index contributed by atoms with van der Waals surface area (Å²) in [6, 6.07) is 9.41. The van der Waals surface area contributed by atoms with Gasteiger partial charge in [0.25, 0.3) is 0 Å². The van der Waals surface area contributed by atoms with Gasteiger partial charge in [0.15, 0.2) is 0 Å². The molecule has 0 aliphatic heterocycles. The van der Waals surface area contributed by atoms with E-state index in [0.717, 1.165) is 6.07 Å². The predicted octanol–water partition coefficient (Wildman–Crippen LogP) is 4.38. The Hall–Kier alpha value is -2.30. The summed E-state index contributed by atoms with van der Waals surface area (Å²) in [6.45, 7) is 1.59. The fourth-order valence-electron chi connectivity index (χ4n) is 1.94. The van der Waals surface area contributed by atoms with E-state index in [0.29, 0.717) is 11.1 Å². The number of hydrogen-bond donors (Lipinski definition) is 1. The number of halogens is 3. The third-order valence-corrected chi connectivity index (χ3v) is 2.92. The van der Waals surface area contributed by atoms with Crippen LogP contribution in [0, 0.1) is 6.92 Å². The van der Waals surface area contributed by atoms with Crippen LogP contribution in [0.4, 0.5) is 13.2 Å². The zero-order valence-corrected chi connectivity index (χ0v) is 10.5. The van der Waals surface area contributed by atoms with E-state index in [1.54, 1.807) is 13.0 Å². The van der Waals surface area contributed by atoms with Gasteiger partial charge in [-0.1, -0.05) is 29.8 Å². The molecule has 0 unspecified atom stereocenters. The Morgan fingerprint density at radius 1 is 1.05 bits per heavy atom. The first-order chi connectivity index (χ1) is 9.29. The van der Waals surface area contributed by atoms with Crippen LogP contribution in [0.25, 0.3) is 11.1 Å². The molecule has 104 valence electrons. The molecule has 0 aliphatic carbocycles. The summed E-state index contributed by atoms with van der Waals surface area (Å²) in [5, 5.41) is 8.79. The summed E-state index contributed by atoms with van der Waals surface area (Å²) in [5.41, 5.74) is 0.209. The summed E-state index contributed by atoms with van der Waals surface area (Å²) >= 11 is 0. The Morgan fingerprint density at radius 3 is 2.15 bits per heavy atom. The summed E-state index contributed by atoms with van der Waals surface area (Å²) in [5.74, 6) is -1.11. The highest BCUT2D eigenvalue weighted by Gasteiger charge is 2.33. The maximum absolute atomic E-state index is 13.0.